The first-order valence-electron chi connectivity index (χ1n) is 9.32. The highest BCUT2D eigenvalue weighted by Gasteiger charge is 2.49. The Morgan fingerprint density at radius 2 is 1.84 bits per heavy atom. The third kappa shape index (κ3) is 4.78. The van der Waals surface area contributed by atoms with E-state index >= 15 is 0 Å². The summed E-state index contributed by atoms with van der Waals surface area (Å²) >= 11 is 12.9. The Kier molecular flexibility index (Phi) is 6.26. The van der Waals surface area contributed by atoms with Crippen LogP contribution in [-0.4, -0.2) is 42.3 Å². The number of benzene rings is 2. The van der Waals surface area contributed by atoms with Crippen LogP contribution in [0.3, 0.4) is 0 Å². The Labute approximate surface area is 196 Å². The number of hydrogen-bond acceptors (Lipinski definition) is 4. The molecule has 0 radical (unpaired) electrons. The van der Waals surface area contributed by atoms with Gasteiger partial charge in [-0.3, -0.25) is 4.79 Å². The van der Waals surface area contributed by atoms with Crippen molar-refractivity contribution >= 4 is 61.6 Å². The van der Waals surface area contributed by atoms with Crippen LogP contribution in [0.15, 0.2) is 47.5 Å². The molecule has 0 aromatic heterocycles. The number of carbonyl (C=O) groups excluding carboxylic acids is 1. The van der Waals surface area contributed by atoms with Crippen LogP contribution < -0.4 is 4.90 Å². The highest BCUT2D eigenvalue weighted by Crippen LogP contribution is 2.43. The number of thioether (sulfide) groups is 1. The summed E-state index contributed by atoms with van der Waals surface area (Å²) in [6.07, 6.45) is -4.79. The van der Waals surface area contributed by atoms with Gasteiger partial charge in [0.15, 0.2) is 15.0 Å². The number of amidine groups is 1. The van der Waals surface area contributed by atoms with Gasteiger partial charge in [-0.05, 0) is 29.8 Å². The molecule has 2 aromatic carbocycles. The van der Waals surface area contributed by atoms with Gasteiger partial charge < -0.3 is 4.90 Å². The summed E-state index contributed by atoms with van der Waals surface area (Å²) in [5.74, 6) is -0.929. The minimum Gasteiger partial charge on any atom is -0.316 e. The highest BCUT2D eigenvalue weighted by atomic mass is 35.5. The first-order valence-corrected chi connectivity index (χ1v) is 12.8. The zero-order valence-corrected chi connectivity index (χ0v) is 19.3. The van der Waals surface area contributed by atoms with Crippen molar-refractivity contribution < 1.29 is 26.4 Å². The lowest BCUT2D eigenvalue weighted by Crippen LogP contribution is -2.38. The first kappa shape index (κ1) is 23.4. The Bertz CT molecular complexity index is 1220. The molecule has 170 valence electrons. The van der Waals surface area contributed by atoms with E-state index in [0.29, 0.717) is 10.6 Å². The fraction of sp³-hybridized carbons (Fsp3) is 0.300. The molecule has 0 saturated carbocycles. The molecule has 12 heteroatoms. The molecular formula is C20H15Cl2F3N2O3S2. The SMILES string of the molecule is O=C(Cc1ccccc1Cl)N=C1S[C@@H]2CS(=O)(=O)C[C@H]2N1c1ccc(Cl)c(C(F)(F)F)c1. The van der Waals surface area contributed by atoms with Crippen molar-refractivity contribution in [1.29, 1.82) is 0 Å². The second-order valence-corrected chi connectivity index (χ2v) is 11.6. The zero-order chi connectivity index (χ0) is 23.3. The zero-order valence-electron chi connectivity index (χ0n) is 16.1. The molecule has 2 aliphatic rings. The Morgan fingerprint density at radius 3 is 2.53 bits per heavy atom. The minimum atomic E-state index is -4.70. The van der Waals surface area contributed by atoms with Crippen molar-refractivity contribution in [3.8, 4) is 0 Å². The average molecular weight is 523 g/mol. The van der Waals surface area contributed by atoms with Crippen LogP contribution in [0.25, 0.3) is 0 Å². The van der Waals surface area contributed by atoms with Crippen LogP contribution in [-0.2, 0) is 27.2 Å². The van der Waals surface area contributed by atoms with Gasteiger partial charge >= 0.3 is 6.18 Å². The smallest absolute Gasteiger partial charge is 0.316 e. The molecule has 0 aliphatic carbocycles. The standard InChI is InChI=1S/C20H15Cl2F3N2O3S2/c21-14-4-2-1-3-11(14)7-18(28)26-19-27(16-9-32(29,30)10-17(16)31-19)12-5-6-15(22)13(8-12)20(23,24)25/h1-6,8,16-17H,7,9-10H2/t16-,17-/m1/s1. The molecule has 0 spiro atoms. The number of rotatable bonds is 3. The number of hydrogen-bond donors (Lipinski definition) is 0. The summed E-state index contributed by atoms with van der Waals surface area (Å²) in [6, 6.07) is 9.43. The van der Waals surface area contributed by atoms with Crippen molar-refractivity contribution in [3.63, 3.8) is 0 Å². The Morgan fingerprint density at radius 1 is 1.12 bits per heavy atom. The molecule has 2 aromatic rings. The van der Waals surface area contributed by atoms with E-state index in [4.69, 9.17) is 23.2 Å². The van der Waals surface area contributed by atoms with E-state index in [0.717, 1.165) is 23.9 Å². The topological polar surface area (TPSA) is 66.8 Å². The van der Waals surface area contributed by atoms with Crippen molar-refractivity contribution in [1.82, 2.24) is 0 Å². The third-order valence-corrected chi connectivity index (χ3v) is 9.03. The average Bonchev–Trinajstić information content (AvgIpc) is 3.14. The van der Waals surface area contributed by atoms with E-state index in [2.05, 4.69) is 4.99 Å². The third-order valence-electron chi connectivity index (χ3n) is 5.12. The number of alkyl halides is 3. The highest BCUT2D eigenvalue weighted by molar-refractivity contribution is 8.16. The van der Waals surface area contributed by atoms with E-state index < -0.39 is 43.8 Å². The van der Waals surface area contributed by atoms with Crippen molar-refractivity contribution in [3.05, 3.63) is 63.6 Å². The van der Waals surface area contributed by atoms with Gasteiger partial charge in [0.1, 0.15) is 0 Å². The largest absolute Gasteiger partial charge is 0.417 e. The molecule has 32 heavy (non-hydrogen) atoms. The van der Waals surface area contributed by atoms with Gasteiger partial charge in [0, 0.05) is 16.0 Å². The number of sulfone groups is 1. The molecule has 5 nitrogen and oxygen atoms in total. The number of aliphatic imine (C=N–C) groups is 1. The van der Waals surface area contributed by atoms with Crippen molar-refractivity contribution in [2.75, 3.05) is 16.4 Å². The second-order valence-electron chi connectivity index (χ2n) is 7.39. The van der Waals surface area contributed by atoms with E-state index in [1.54, 1.807) is 24.3 Å². The Balaban J connectivity index is 1.72. The minimum absolute atomic E-state index is 0.0723. The molecule has 2 heterocycles. The predicted molar refractivity (Wildman–Crippen MR) is 120 cm³/mol. The summed E-state index contributed by atoms with van der Waals surface area (Å²) in [5.41, 5.74) is -0.414. The van der Waals surface area contributed by atoms with Crippen LogP contribution in [0, 0.1) is 0 Å². The molecule has 4 rings (SSSR count). The summed E-state index contributed by atoms with van der Waals surface area (Å²) in [4.78, 5) is 18.1. The normalized spacial score (nSPS) is 23.5. The van der Waals surface area contributed by atoms with Crippen molar-refractivity contribution in [2.24, 2.45) is 4.99 Å². The first-order chi connectivity index (χ1) is 14.9. The lowest BCUT2D eigenvalue weighted by molar-refractivity contribution is -0.137. The molecule has 1 amide bonds. The summed E-state index contributed by atoms with van der Waals surface area (Å²) < 4.78 is 64.5. The lowest BCUT2D eigenvalue weighted by atomic mass is 10.1. The number of halogens is 5. The number of anilines is 1. The van der Waals surface area contributed by atoms with Crippen LogP contribution in [0.4, 0.5) is 18.9 Å². The molecule has 0 bridgehead atoms. The van der Waals surface area contributed by atoms with Gasteiger partial charge in [0.25, 0.3) is 5.91 Å². The molecular weight excluding hydrogens is 508 g/mol. The molecule has 2 aliphatic heterocycles. The van der Waals surface area contributed by atoms with Gasteiger partial charge in [-0.15, -0.1) is 0 Å². The van der Waals surface area contributed by atoms with Gasteiger partial charge in [-0.25, -0.2) is 8.42 Å². The fourth-order valence-electron chi connectivity index (χ4n) is 3.70. The fourth-order valence-corrected chi connectivity index (χ4v) is 8.06. The maximum absolute atomic E-state index is 13.4. The predicted octanol–water partition coefficient (Wildman–Crippen LogP) is 4.86. The summed E-state index contributed by atoms with van der Waals surface area (Å²) in [5, 5.41) is -0.372. The van der Waals surface area contributed by atoms with E-state index in [9.17, 15) is 26.4 Å². The molecule has 0 unspecified atom stereocenters. The lowest BCUT2D eigenvalue weighted by Gasteiger charge is -2.25. The molecule has 2 atom stereocenters. The van der Waals surface area contributed by atoms with E-state index in [-0.39, 0.29) is 28.8 Å². The summed E-state index contributed by atoms with van der Waals surface area (Å²) in [7, 11) is -3.37. The molecule has 2 saturated heterocycles. The van der Waals surface area contributed by atoms with Crippen molar-refractivity contribution in [2.45, 2.75) is 23.9 Å². The van der Waals surface area contributed by atoms with Gasteiger partial charge in [0.05, 0.1) is 34.6 Å². The van der Waals surface area contributed by atoms with E-state index in [1.165, 1.54) is 11.0 Å². The number of fused-ring (bicyclic) bond motifs is 1. The van der Waals surface area contributed by atoms with Crippen LogP contribution in [0.2, 0.25) is 10.0 Å². The van der Waals surface area contributed by atoms with Crippen LogP contribution >= 0.6 is 35.0 Å². The van der Waals surface area contributed by atoms with E-state index in [1.807, 2.05) is 0 Å². The molecule has 0 N–H and O–H groups in total. The van der Waals surface area contributed by atoms with Crippen LogP contribution in [0.1, 0.15) is 11.1 Å². The maximum atomic E-state index is 13.4. The quantitative estimate of drug-likeness (QED) is 0.576. The number of nitrogens with zero attached hydrogens (tertiary/aromatic N) is 2. The Hall–Kier alpha value is -1.75. The van der Waals surface area contributed by atoms with Gasteiger partial charge in [0.2, 0.25) is 0 Å². The maximum Gasteiger partial charge on any atom is 0.417 e. The van der Waals surface area contributed by atoms with Gasteiger partial charge in [-0.1, -0.05) is 53.2 Å². The molecule has 2 fully saturated rings. The van der Waals surface area contributed by atoms with Gasteiger partial charge in [-0.2, -0.15) is 18.2 Å². The van der Waals surface area contributed by atoms with Crippen LogP contribution in [0.5, 0.6) is 0 Å². The second kappa shape index (κ2) is 8.55. The monoisotopic (exact) mass is 522 g/mol. The number of amides is 1. The number of carbonyl (C=O) groups is 1. The summed E-state index contributed by atoms with van der Waals surface area (Å²) in [6.45, 7) is 0.